The first-order valence-electron chi connectivity index (χ1n) is 3.84. The summed E-state index contributed by atoms with van der Waals surface area (Å²) in [7, 11) is 1.32. The molecule has 0 heterocycles. The maximum Gasteiger partial charge on any atom is 0.309 e. The van der Waals surface area contributed by atoms with E-state index in [2.05, 4.69) is 4.74 Å². The van der Waals surface area contributed by atoms with Crippen molar-refractivity contribution < 1.29 is 9.53 Å². The van der Waals surface area contributed by atoms with Crippen LogP contribution < -0.4 is 5.73 Å². The number of benzene rings is 1. The molecule has 0 aromatic heterocycles. The van der Waals surface area contributed by atoms with Gasteiger partial charge in [0, 0.05) is 0 Å². The molecule has 0 bridgehead atoms. The Morgan fingerprint density at radius 3 is 2.36 bits per heavy atom. The van der Waals surface area contributed by atoms with Gasteiger partial charge in [0.15, 0.2) is 0 Å². The summed E-state index contributed by atoms with van der Waals surface area (Å²) in [6.07, 6.45) is 0.135. The van der Waals surface area contributed by atoms with Gasteiger partial charge in [-0.05, 0) is 17.7 Å². The smallest absolute Gasteiger partial charge is 0.309 e. The van der Waals surface area contributed by atoms with Crippen molar-refractivity contribution in [2.75, 3.05) is 12.8 Å². The van der Waals surface area contributed by atoms with E-state index in [1.165, 1.54) is 7.11 Å². The van der Waals surface area contributed by atoms with E-state index in [1.54, 1.807) is 12.1 Å². The second kappa shape index (κ2) is 4.53. The minimum Gasteiger partial charge on any atom is -0.469 e. The number of hydrogen-bond acceptors (Lipinski definition) is 3. The van der Waals surface area contributed by atoms with Crippen molar-refractivity contribution in [3.8, 4) is 0 Å². The molecule has 5 heteroatoms. The molecule has 1 rings (SSSR count). The zero-order valence-corrected chi connectivity index (χ0v) is 9.02. The standard InChI is InChI=1S/C9H9Cl2NO2/c1-14-8(13)4-5-2-6(10)9(12)7(11)3-5/h2-3H,4,12H2,1H3. The zero-order valence-electron chi connectivity index (χ0n) is 7.51. The Morgan fingerprint density at radius 2 is 1.93 bits per heavy atom. The number of nitrogens with two attached hydrogens (primary N) is 1. The van der Waals surface area contributed by atoms with E-state index >= 15 is 0 Å². The summed E-state index contributed by atoms with van der Waals surface area (Å²) in [6, 6.07) is 3.19. The van der Waals surface area contributed by atoms with E-state index in [9.17, 15) is 4.79 Å². The minimum atomic E-state index is -0.345. The number of carbonyl (C=O) groups is 1. The van der Waals surface area contributed by atoms with E-state index in [-0.39, 0.29) is 12.4 Å². The van der Waals surface area contributed by atoms with Gasteiger partial charge in [-0.2, -0.15) is 0 Å². The molecule has 0 aliphatic heterocycles. The molecule has 0 amide bonds. The third-order valence-corrected chi connectivity index (χ3v) is 2.34. The minimum absolute atomic E-state index is 0.135. The number of carbonyl (C=O) groups excluding carboxylic acids is 1. The highest BCUT2D eigenvalue weighted by atomic mass is 35.5. The fourth-order valence-electron chi connectivity index (χ4n) is 0.978. The summed E-state index contributed by atoms with van der Waals surface area (Å²) in [5, 5.41) is 0.688. The van der Waals surface area contributed by atoms with Crippen molar-refractivity contribution in [1.82, 2.24) is 0 Å². The number of ether oxygens (including phenoxy) is 1. The molecule has 2 N–H and O–H groups in total. The lowest BCUT2D eigenvalue weighted by atomic mass is 10.1. The predicted octanol–water partition coefficient (Wildman–Crippen LogP) is 2.29. The average molecular weight is 234 g/mol. The van der Waals surface area contributed by atoms with Gasteiger partial charge in [-0.15, -0.1) is 0 Å². The first-order valence-corrected chi connectivity index (χ1v) is 4.60. The molecule has 1 aromatic rings. The summed E-state index contributed by atoms with van der Waals surface area (Å²) < 4.78 is 4.51. The van der Waals surface area contributed by atoms with Crippen molar-refractivity contribution in [1.29, 1.82) is 0 Å². The van der Waals surface area contributed by atoms with Gasteiger partial charge in [-0.3, -0.25) is 4.79 Å². The average Bonchev–Trinajstić information content (AvgIpc) is 2.14. The Balaban J connectivity index is 2.95. The van der Waals surface area contributed by atoms with Gasteiger partial charge in [0.25, 0.3) is 0 Å². The van der Waals surface area contributed by atoms with Crippen LogP contribution in [0.1, 0.15) is 5.56 Å². The Labute approximate surface area is 91.7 Å². The molecule has 3 nitrogen and oxygen atoms in total. The quantitative estimate of drug-likeness (QED) is 0.630. The molecule has 0 unspecified atom stereocenters. The second-order valence-corrected chi connectivity index (χ2v) is 3.54. The lowest BCUT2D eigenvalue weighted by molar-refractivity contribution is -0.139. The van der Waals surface area contributed by atoms with Gasteiger partial charge in [-0.1, -0.05) is 23.2 Å². The summed E-state index contributed by atoms with van der Waals surface area (Å²) in [6.45, 7) is 0. The second-order valence-electron chi connectivity index (χ2n) is 2.73. The number of hydrogen-bond donors (Lipinski definition) is 1. The summed E-state index contributed by atoms with van der Waals surface area (Å²) in [5.74, 6) is -0.345. The molecular formula is C9H9Cl2NO2. The molecule has 0 spiro atoms. The molecule has 0 aliphatic rings. The summed E-state index contributed by atoms with van der Waals surface area (Å²) in [4.78, 5) is 10.9. The van der Waals surface area contributed by atoms with Crippen LogP contribution in [0.5, 0.6) is 0 Å². The molecule has 14 heavy (non-hydrogen) atoms. The maximum atomic E-state index is 10.9. The van der Waals surface area contributed by atoms with Crippen molar-refractivity contribution in [2.24, 2.45) is 0 Å². The van der Waals surface area contributed by atoms with Crippen molar-refractivity contribution >= 4 is 34.9 Å². The maximum absolute atomic E-state index is 10.9. The number of anilines is 1. The van der Waals surface area contributed by atoms with Crippen LogP contribution in [0.2, 0.25) is 10.0 Å². The fourth-order valence-corrected chi connectivity index (χ4v) is 1.51. The van der Waals surface area contributed by atoms with Crippen LogP contribution >= 0.6 is 23.2 Å². The van der Waals surface area contributed by atoms with Crippen LogP contribution in [0.3, 0.4) is 0 Å². The van der Waals surface area contributed by atoms with Crippen molar-refractivity contribution in [3.05, 3.63) is 27.7 Å². The van der Waals surface area contributed by atoms with Crippen LogP contribution in [0.15, 0.2) is 12.1 Å². The number of rotatable bonds is 2. The van der Waals surface area contributed by atoms with Crippen LogP contribution in [-0.4, -0.2) is 13.1 Å². The predicted molar refractivity (Wildman–Crippen MR) is 56.6 cm³/mol. The van der Waals surface area contributed by atoms with E-state index in [0.717, 1.165) is 0 Å². The lowest BCUT2D eigenvalue weighted by Crippen LogP contribution is -2.04. The Morgan fingerprint density at radius 1 is 1.43 bits per heavy atom. The van der Waals surface area contributed by atoms with Crippen LogP contribution in [-0.2, 0) is 16.0 Å². The first kappa shape index (κ1) is 11.1. The number of esters is 1. The summed E-state index contributed by atoms with van der Waals surface area (Å²) >= 11 is 11.6. The molecule has 0 saturated carbocycles. The molecule has 0 aliphatic carbocycles. The SMILES string of the molecule is COC(=O)Cc1cc(Cl)c(N)c(Cl)c1. The van der Waals surface area contributed by atoms with Gasteiger partial charge in [0.2, 0.25) is 0 Å². The van der Waals surface area contributed by atoms with E-state index in [1.807, 2.05) is 0 Å². The Hall–Kier alpha value is -0.930. The van der Waals surface area contributed by atoms with Gasteiger partial charge < -0.3 is 10.5 Å². The third kappa shape index (κ3) is 2.53. The highest BCUT2D eigenvalue weighted by Crippen LogP contribution is 2.28. The number of methoxy groups -OCH3 is 1. The van der Waals surface area contributed by atoms with Crippen molar-refractivity contribution in [2.45, 2.75) is 6.42 Å². The Kier molecular flexibility index (Phi) is 3.61. The van der Waals surface area contributed by atoms with Crippen LogP contribution in [0, 0.1) is 0 Å². The van der Waals surface area contributed by atoms with Crippen LogP contribution in [0.25, 0.3) is 0 Å². The molecule has 0 saturated heterocycles. The van der Waals surface area contributed by atoms with Gasteiger partial charge >= 0.3 is 5.97 Å². The third-order valence-electron chi connectivity index (χ3n) is 1.71. The highest BCUT2D eigenvalue weighted by Gasteiger charge is 2.08. The normalized spacial score (nSPS) is 9.93. The lowest BCUT2D eigenvalue weighted by Gasteiger charge is -2.05. The monoisotopic (exact) mass is 233 g/mol. The Bertz CT molecular complexity index is 343. The number of halogens is 2. The number of nitrogen functional groups attached to an aromatic ring is 1. The topological polar surface area (TPSA) is 52.3 Å². The first-order chi connectivity index (χ1) is 6.54. The van der Waals surface area contributed by atoms with Crippen molar-refractivity contribution in [3.63, 3.8) is 0 Å². The largest absolute Gasteiger partial charge is 0.469 e. The summed E-state index contributed by atoms with van der Waals surface area (Å²) in [5.41, 5.74) is 6.54. The highest BCUT2D eigenvalue weighted by molar-refractivity contribution is 6.38. The molecule has 1 aromatic carbocycles. The molecule has 0 fully saturated rings. The molecule has 76 valence electrons. The van der Waals surface area contributed by atoms with E-state index in [0.29, 0.717) is 21.3 Å². The zero-order chi connectivity index (χ0) is 10.7. The van der Waals surface area contributed by atoms with Gasteiger partial charge in [0.05, 0.1) is 29.3 Å². The van der Waals surface area contributed by atoms with Gasteiger partial charge in [0.1, 0.15) is 0 Å². The molecular weight excluding hydrogens is 225 g/mol. The fraction of sp³-hybridized carbons (Fsp3) is 0.222. The van der Waals surface area contributed by atoms with Crippen LogP contribution in [0.4, 0.5) is 5.69 Å². The molecule has 0 radical (unpaired) electrons. The molecule has 0 atom stereocenters. The van der Waals surface area contributed by atoms with Gasteiger partial charge in [-0.25, -0.2) is 0 Å². The van der Waals surface area contributed by atoms with E-state index in [4.69, 9.17) is 28.9 Å². The van der Waals surface area contributed by atoms with E-state index < -0.39 is 0 Å².